The average Bonchev–Trinajstić information content (AvgIpc) is 2.54. The van der Waals surface area contributed by atoms with Gasteiger partial charge in [0.25, 0.3) is 0 Å². The molecule has 2 rings (SSSR count). The van der Waals surface area contributed by atoms with Crippen LogP contribution in [0.25, 0.3) is 0 Å². The Hall–Kier alpha value is -0.900. The Balaban J connectivity index is 1.98. The zero-order valence-electron chi connectivity index (χ0n) is 13.4. The molecule has 3 nitrogen and oxygen atoms in total. The highest BCUT2D eigenvalue weighted by Crippen LogP contribution is 2.26. The minimum atomic E-state index is -0.200. The number of nitrogens with zero attached hydrogens (tertiary/aromatic N) is 1. The number of aliphatic hydroxyl groups excluding tert-OH is 1. The van der Waals surface area contributed by atoms with Gasteiger partial charge in [0.2, 0.25) is 0 Å². The van der Waals surface area contributed by atoms with E-state index in [2.05, 4.69) is 30.9 Å². The number of aliphatic hydroxyl groups is 1. The molecular weight excluding hydrogens is 262 g/mol. The van der Waals surface area contributed by atoms with Crippen LogP contribution in [0.2, 0.25) is 0 Å². The van der Waals surface area contributed by atoms with Gasteiger partial charge >= 0.3 is 0 Å². The first-order valence-corrected chi connectivity index (χ1v) is 8.18. The van der Waals surface area contributed by atoms with Crippen molar-refractivity contribution in [2.24, 2.45) is 0 Å². The minimum Gasteiger partial charge on any atom is -0.395 e. The predicted molar refractivity (Wildman–Crippen MR) is 86.6 cm³/mol. The van der Waals surface area contributed by atoms with Crippen molar-refractivity contribution in [1.82, 2.24) is 4.90 Å². The van der Waals surface area contributed by atoms with E-state index in [1.165, 1.54) is 12.0 Å². The van der Waals surface area contributed by atoms with Gasteiger partial charge in [-0.25, -0.2) is 0 Å². The van der Waals surface area contributed by atoms with E-state index < -0.39 is 0 Å². The summed E-state index contributed by atoms with van der Waals surface area (Å²) in [6.07, 6.45) is 3.79. The summed E-state index contributed by atoms with van der Waals surface area (Å²) in [7, 11) is 0. The van der Waals surface area contributed by atoms with E-state index in [0.29, 0.717) is 6.10 Å². The van der Waals surface area contributed by atoms with Crippen LogP contribution in [-0.4, -0.2) is 49.0 Å². The smallest absolute Gasteiger partial charge is 0.0702 e. The molecule has 1 aromatic carbocycles. The molecule has 1 aromatic rings. The lowest BCUT2D eigenvalue weighted by Gasteiger charge is -2.39. The lowest BCUT2D eigenvalue weighted by molar-refractivity contribution is -0.00820. The van der Waals surface area contributed by atoms with Crippen molar-refractivity contribution in [1.29, 1.82) is 0 Å². The molecule has 0 saturated carbocycles. The van der Waals surface area contributed by atoms with Crippen molar-refractivity contribution in [3.05, 3.63) is 35.9 Å². The highest BCUT2D eigenvalue weighted by Gasteiger charge is 2.31. The lowest BCUT2D eigenvalue weighted by Crippen LogP contribution is -2.47. The first kappa shape index (κ1) is 16.5. The largest absolute Gasteiger partial charge is 0.395 e. The monoisotopic (exact) mass is 291 g/mol. The molecule has 2 atom stereocenters. The zero-order valence-corrected chi connectivity index (χ0v) is 13.4. The maximum absolute atomic E-state index is 9.92. The molecule has 0 amide bonds. The molecule has 21 heavy (non-hydrogen) atoms. The number of ether oxygens (including phenoxy) is 1. The van der Waals surface area contributed by atoms with Gasteiger partial charge in [-0.2, -0.15) is 0 Å². The van der Waals surface area contributed by atoms with Gasteiger partial charge < -0.3 is 9.84 Å². The Labute approximate surface area is 128 Å². The molecule has 0 bridgehead atoms. The fourth-order valence-electron chi connectivity index (χ4n) is 3.14. The molecule has 118 valence electrons. The van der Waals surface area contributed by atoms with Crippen molar-refractivity contribution in [2.45, 2.75) is 44.6 Å². The Bertz CT molecular complexity index is 409. The number of piperidine rings is 1. The van der Waals surface area contributed by atoms with Crippen LogP contribution in [0.5, 0.6) is 0 Å². The molecule has 3 heteroatoms. The van der Waals surface area contributed by atoms with Crippen LogP contribution in [-0.2, 0) is 10.2 Å². The fraction of sp³-hybridized carbons (Fsp3) is 0.667. The minimum absolute atomic E-state index is 0.175. The Morgan fingerprint density at radius 3 is 2.76 bits per heavy atom. The summed E-state index contributed by atoms with van der Waals surface area (Å²) in [6.45, 7) is 8.32. The molecule has 0 aromatic heterocycles. The predicted octanol–water partition coefficient (Wildman–Crippen LogP) is 2.83. The molecule has 0 radical (unpaired) electrons. The fourth-order valence-corrected chi connectivity index (χ4v) is 3.14. The number of likely N-dealkylation sites (tertiary alicyclic amines) is 1. The second kappa shape index (κ2) is 7.92. The number of benzene rings is 1. The quantitative estimate of drug-likeness (QED) is 0.838. The molecule has 1 fully saturated rings. The van der Waals surface area contributed by atoms with Gasteiger partial charge in [0, 0.05) is 25.1 Å². The van der Waals surface area contributed by atoms with Crippen LogP contribution in [0, 0.1) is 0 Å². The highest BCUT2D eigenvalue weighted by atomic mass is 16.5. The van der Waals surface area contributed by atoms with E-state index >= 15 is 0 Å². The van der Waals surface area contributed by atoms with Crippen molar-refractivity contribution >= 4 is 0 Å². The van der Waals surface area contributed by atoms with Crippen molar-refractivity contribution in [2.75, 3.05) is 32.8 Å². The summed E-state index contributed by atoms with van der Waals surface area (Å²) in [5, 5.41) is 9.92. The third-order valence-electron chi connectivity index (χ3n) is 4.41. The van der Waals surface area contributed by atoms with E-state index in [0.717, 1.165) is 39.1 Å². The third-order valence-corrected chi connectivity index (χ3v) is 4.41. The molecule has 1 saturated heterocycles. The summed E-state index contributed by atoms with van der Waals surface area (Å²) in [6, 6.07) is 10.4. The third kappa shape index (κ3) is 4.53. The first-order valence-electron chi connectivity index (χ1n) is 8.18. The van der Waals surface area contributed by atoms with Crippen LogP contribution in [0.1, 0.15) is 38.7 Å². The van der Waals surface area contributed by atoms with Crippen LogP contribution in [0.3, 0.4) is 0 Å². The standard InChI is InChI=1S/C18H29NO2/c1-3-12-21-17-10-7-11-19(13-17)14-18(2,15-20)16-8-5-4-6-9-16/h4-6,8-9,17,20H,3,7,10-15H2,1-2H3. The maximum Gasteiger partial charge on any atom is 0.0702 e. The SMILES string of the molecule is CCCOC1CCCN(CC(C)(CO)c2ccccc2)C1. The van der Waals surface area contributed by atoms with Crippen LogP contribution in [0.4, 0.5) is 0 Å². The van der Waals surface area contributed by atoms with Crippen molar-refractivity contribution in [3.8, 4) is 0 Å². The summed E-state index contributed by atoms with van der Waals surface area (Å²) in [5.74, 6) is 0. The average molecular weight is 291 g/mol. The number of hydrogen-bond acceptors (Lipinski definition) is 3. The summed E-state index contributed by atoms with van der Waals surface area (Å²) >= 11 is 0. The van der Waals surface area contributed by atoms with Crippen LogP contribution >= 0.6 is 0 Å². The summed E-state index contributed by atoms with van der Waals surface area (Å²) in [5.41, 5.74) is 1.01. The second-order valence-corrected chi connectivity index (χ2v) is 6.45. The van der Waals surface area contributed by atoms with E-state index in [1.54, 1.807) is 0 Å². The van der Waals surface area contributed by atoms with Crippen LogP contribution in [0.15, 0.2) is 30.3 Å². The van der Waals surface area contributed by atoms with E-state index in [-0.39, 0.29) is 12.0 Å². The van der Waals surface area contributed by atoms with Crippen molar-refractivity contribution < 1.29 is 9.84 Å². The zero-order chi connectivity index (χ0) is 15.1. The highest BCUT2D eigenvalue weighted by molar-refractivity contribution is 5.25. The van der Waals surface area contributed by atoms with Gasteiger partial charge in [0.05, 0.1) is 12.7 Å². The number of rotatable bonds is 7. The Morgan fingerprint density at radius 1 is 1.33 bits per heavy atom. The molecule has 1 aliphatic heterocycles. The van der Waals surface area contributed by atoms with Crippen LogP contribution < -0.4 is 0 Å². The summed E-state index contributed by atoms with van der Waals surface area (Å²) in [4.78, 5) is 2.45. The molecule has 1 aliphatic rings. The van der Waals surface area contributed by atoms with Gasteiger partial charge in [-0.3, -0.25) is 4.90 Å². The Morgan fingerprint density at radius 2 is 2.10 bits per heavy atom. The van der Waals surface area contributed by atoms with Gasteiger partial charge in [0.15, 0.2) is 0 Å². The van der Waals surface area contributed by atoms with E-state index in [1.807, 2.05) is 18.2 Å². The Kier molecular flexibility index (Phi) is 6.22. The number of hydrogen-bond donors (Lipinski definition) is 1. The molecule has 1 N–H and O–H groups in total. The van der Waals surface area contributed by atoms with Gasteiger partial charge in [-0.1, -0.05) is 44.2 Å². The molecule has 0 spiro atoms. The van der Waals surface area contributed by atoms with E-state index in [9.17, 15) is 5.11 Å². The molecule has 1 heterocycles. The lowest BCUT2D eigenvalue weighted by atomic mass is 9.82. The van der Waals surface area contributed by atoms with Crippen molar-refractivity contribution in [3.63, 3.8) is 0 Å². The normalized spacial score (nSPS) is 22.9. The topological polar surface area (TPSA) is 32.7 Å². The second-order valence-electron chi connectivity index (χ2n) is 6.45. The summed E-state index contributed by atoms with van der Waals surface area (Å²) < 4.78 is 5.91. The first-order chi connectivity index (χ1) is 10.2. The van der Waals surface area contributed by atoms with Gasteiger partial charge in [-0.05, 0) is 31.4 Å². The molecule has 0 aliphatic carbocycles. The van der Waals surface area contributed by atoms with Gasteiger partial charge in [-0.15, -0.1) is 0 Å². The molecule has 2 unspecified atom stereocenters. The molecular formula is C18H29NO2. The maximum atomic E-state index is 9.92. The van der Waals surface area contributed by atoms with E-state index in [4.69, 9.17) is 4.74 Å². The van der Waals surface area contributed by atoms with Gasteiger partial charge in [0.1, 0.15) is 0 Å².